The molecule has 0 atom stereocenters. The van der Waals surface area contributed by atoms with Crippen LogP contribution in [0.4, 0.5) is 5.69 Å². The third kappa shape index (κ3) is 6.36. The van der Waals surface area contributed by atoms with E-state index >= 15 is 0 Å². The van der Waals surface area contributed by atoms with Crippen LogP contribution in [-0.2, 0) is 14.3 Å². The maximum Gasteiger partial charge on any atom is 0.325 e. The Morgan fingerprint density at radius 2 is 1.44 bits per heavy atom. The Hall–Kier alpha value is -3.78. The van der Waals surface area contributed by atoms with Gasteiger partial charge in [-0.25, -0.2) is 0 Å². The van der Waals surface area contributed by atoms with Gasteiger partial charge in [-0.2, -0.15) is 0 Å². The second-order valence-electron chi connectivity index (χ2n) is 6.64. The fraction of sp³-hybridized carbons (Fsp3) is 0.0833. The van der Waals surface area contributed by atoms with Crippen LogP contribution in [0.5, 0.6) is 0 Å². The fourth-order valence-electron chi connectivity index (χ4n) is 2.77. The van der Waals surface area contributed by atoms with Gasteiger partial charge in [-0.1, -0.05) is 58.4 Å². The van der Waals surface area contributed by atoms with Crippen molar-refractivity contribution in [2.75, 3.05) is 18.5 Å². The lowest BCUT2D eigenvalue weighted by atomic mass is 10.0. The third-order valence-electron chi connectivity index (χ3n) is 4.35. The molecule has 0 spiro atoms. The first-order chi connectivity index (χ1) is 15.4. The van der Waals surface area contributed by atoms with Crippen molar-refractivity contribution in [3.63, 3.8) is 0 Å². The van der Waals surface area contributed by atoms with Gasteiger partial charge in [0.15, 0.2) is 12.4 Å². The number of esters is 1. The summed E-state index contributed by atoms with van der Waals surface area (Å²) in [5.41, 5.74) is 1.51. The highest BCUT2D eigenvalue weighted by Crippen LogP contribution is 2.19. The zero-order chi connectivity index (χ0) is 22.9. The number of nitrogens with one attached hydrogen (secondary N) is 2. The van der Waals surface area contributed by atoms with E-state index in [1.807, 2.05) is 0 Å². The summed E-state index contributed by atoms with van der Waals surface area (Å²) in [6.07, 6.45) is 0. The monoisotopic (exact) mass is 494 g/mol. The number of carbonyl (C=O) groups excluding carboxylic acids is 4. The Bertz CT molecular complexity index is 1130. The van der Waals surface area contributed by atoms with Gasteiger partial charge in [0, 0.05) is 21.2 Å². The van der Waals surface area contributed by atoms with Crippen molar-refractivity contribution in [3.8, 4) is 0 Å². The number of benzene rings is 3. The van der Waals surface area contributed by atoms with Crippen LogP contribution in [0.25, 0.3) is 0 Å². The second-order valence-corrected chi connectivity index (χ2v) is 7.55. The van der Waals surface area contributed by atoms with E-state index in [0.717, 1.165) is 4.47 Å². The average Bonchev–Trinajstić information content (AvgIpc) is 2.82. The average molecular weight is 495 g/mol. The molecule has 3 aromatic rings. The number of carbonyl (C=O) groups is 4. The third-order valence-corrected chi connectivity index (χ3v) is 4.87. The molecule has 0 aliphatic heterocycles. The van der Waals surface area contributed by atoms with Crippen molar-refractivity contribution in [1.82, 2.24) is 5.32 Å². The molecule has 0 aliphatic rings. The normalized spacial score (nSPS) is 10.2. The lowest BCUT2D eigenvalue weighted by Gasteiger charge is -2.11. The summed E-state index contributed by atoms with van der Waals surface area (Å²) >= 11 is 3.28. The van der Waals surface area contributed by atoms with Crippen LogP contribution < -0.4 is 10.6 Å². The zero-order valence-corrected chi connectivity index (χ0v) is 18.4. The summed E-state index contributed by atoms with van der Waals surface area (Å²) < 4.78 is 5.73. The number of hydrogen-bond donors (Lipinski definition) is 2. The molecule has 0 bridgehead atoms. The molecule has 3 rings (SSSR count). The predicted molar refractivity (Wildman–Crippen MR) is 122 cm³/mol. The maximum atomic E-state index is 12.7. The van der Waals surface area contributed by atoms with Crippen molar-refractivity contribution in [2.45, 2.75) is 0 Å². The van der Waals surface area contributed by atoms with E-state index in [1.165, 1.54) is 0 Å². The molecule has 0 fully saturated rings. The Morgan fingerprint density at radius 3 is 2.16 bits per heavy atom. The molecule has 0 saturated carbocycles. The predicted octanol–water partition coefficient (Wildman–Crippen LogP) is 3.59. The number of ketones is 1. The molecule has 7 nitrogen and oxygen atoms in total. The van der Waals surface area contributed by atoms with E-state index in [1.54, 1.807) is 78.9 Å². The summed E-state index contributed by atoms with van der Waals surface area (Å²) in [7, 11) is 0. The standard InChI is InChI=1S/C24H19BrN2O5/c25-18-12-10-17(11-13-18)24(31)26-14-22(29)32-15-21(28)27-20-9-5-4-8-19(20)23(30)16-6-2-1-3-7-16/h1-13H,14-15H2,(H,26,31)(H,27,28). The minimum Gasteiger partial charge on any atom is -0.454 e. The molecule has 0 aliphatic carbocycles. The molecule has 8 heteroatoms. The maximum absolute atomic E-state index is 12.7. The molecule has 0 saturated heterocycles. The van der Waals surface area contributed by atoms with Crippen molar-refractivity contribution >= 4 is 45.2 Å². The van der Waals surface area contributed by atoms with Crippen molar-refractivity contribution in [3.05, 3.63) is 100 Å². The lowest BCUT2D eigenvalue weighted by Crippen LogP contribution is -2.32. The van der Waals surface area contributed by atoms with Crippen LogP contribution in [0, 0.1) is 0 Å². The van der Waals surface area contributed by atoms with Crippen LogP contribution in [0.1, 0.15) is 26.3 Å². The van der Waals surface area contributed by atoms with E-state index < -0.39 is 24.4 Å². The number of para-hydroxylation sites is 1. The van der Waals surface area contributed by atoms with Gasteiger partial charge in [0.1, 0.15) is 6.54 Å². The molecule has 2 amide bonds. The van der Waals surface area contributed by atoms with Gasteiger partial charge in [-0.3, -0.25) is 19.2 Å². The van der Waals surface area contributed by atoms with Crippen LogP contribution >= 0.6 is 15.9 Å². The smallest absolute Gasteiger partial charge is 0.325 e. The molecule has 0 unspecified atom stereocenters. The summed E-state index contributed by atoms with van der Waals surface area (Å²) in [5, 5.41) is 5.01. The number of ether oxygens (including phenoxy) is 1. The topological polar surface area (TPSA) is 102 Å². The molecule has 0 radical (unpaired) electrons. The Kier molecular flexibility index (Phi) is 7.88. The number of halogens is 1. The highest BCUT2D eigenvalue weighted by Gasteiger charge is 2.16. The van der Waals surface area contributed by atoms with Crippen molar-refractivity contribution < 1.29 is 23.9 Å². The summed E-state index contributed by atoms with van der Waals surface area (Å²) in [5.74, 6) is -2.05. The van der Waals surface area contributed by atoms with Gasteiger partial charge in [-0.15, -0.1) is 0 Å². The van der Waals surface area contributed by atoms with Crippen LogP contribution in [0.15, 0.2) is 83.3 Å². The Labute approximate surface area is 192 Å². The molecule has 2 N–H and O–H groups in total. The van der Waals surface area contributed by atoms with E-state index in [0.29, 0.717) is 22.4 Å². The largest absolute Gasteiger partial charge is 0.454 e. The SMILES string of the molecule is O=C(COC(=O)CNC(=O)c1ccc(Br)cc1)Nc1ccccc1C(=O)c1ccccc1. The van der Waals surface area contributed by atoms with Gasteiger partial charge in [0.25, 0.3) is 11.8 Å². The number of rotatable bonds is 8. The van der Waals surface area contributed by atoms with E-state index in [-0.39, 0.29) is 12.3 Å². The van der Waals surface area contributed by atoms with Gasteiger partial charge in [0.05, 0.1) is 5.69 Å². The number of hydrogen-bond acceptors (Lipinski definition) is 5. The van der Waals surface area contributed by atoms with Gasteiger partial charge < -0.3 is 15.4 Å². The minimum absolute atomic E-state index is 0.242. The Morgan fingerprint density at radius 1 is 0.781 bits per heavy atom. The summed E-state index contributed by atoms with van der Waals surface area (Å²) in [6.45, 7) is -0.938. The van der Waals surface area contributed by atoms with E-state index in [9.17, 15) is 19.2 Å². The second kappa shape index (κ2) is 11.0. The summed E-state index contributed by atoms with van der Waals surface area (Å²) in [4.78, 5) is 48.8. The molecular weight excluding hydrogens is 476 g/mol. The molecule has 162 valence electrons. The highest BCUT2D eigenvalue weighted by atomic mass is 79.9. The lowest BCUT2D eigenvalue weighted by molar-refractivity contribution is -0.146. The van der Waals surface area contributed by atoms with Gasteiger partial charge in [-0.05, 0) is 36.4 Å². The van der Waals surface area contributed by atoms with E-state index in [4.69, 9.17) is 4.74 Å². The summed E-state index contributed by atoms with van der Waals surface area (Å²) in [6, 6.07) is 21.9. The molecule has 3 aromatic carbocycles. The number of amides is 2. The first-order valence-corrected chi connectivity index (χ1v) is 10.4. The minimum atomic E-state index is -0.765. The molecular formula is C24H19BrN2O5. The molecule has 0 aromatic heterocycles. The van der Waals surface area contributed by atoms with Crippen LogP contribution in [0.3, 0.4) is 0 Å². The first-order valence-electron chi connectivity index (χ1n) is 9.62. The van der Waals surface area contributed by atoms with E-state index in [2.05, 4.69) is 26.6 Å². The van der Waals surface area contributed by atoms with Crippen LogP contribution in [-0.4, -0.2) is 36.7 Å². The van der Waals surface area contributed by atoms with Crippen LogP contribution in [0.2, 0.25) is 0 Å². The molecule has 32 heavy (non-hydrogen) atoms. The first kappa shape index (κ1) is 22.9. The van der Waals surface area contributed by atoms with Gasteiger partial charge in [0.2, 0.25) is 0 Å². The fourth-order valence-corrected chi connectivity index (χ4v) is 3.04. The number of anilines is 1. The highest BCUT2D eigenvalue weighted by molar-refractivity contribution is 9.10. The Balaban J connectivity index is 1.51. The quantitative estimate of drug-likeness (QED) is 0.368. The van der Waals surface area contributed by atoms with Crippen molar-refractivity contribution in [2.24, 2.45) is 0 Å². The molecule has 0 heterocycles. The van der Waals surface area contributed by atoms with Crippen molar-refractivity contribution in [1.29, 1.82) is 0 Å². The zero-order valence-electron chi connectivity index (χ0n) is 16.8. The van der Waals surface area contributed by atoms with Gasteiger partial charge >= 0.3 is 5.97 Å².